The van der Waals surface area contributed by atoms with Gasteiger partial charge in [-0.05, 0) is 48.2 Å². The number of carbonyl (C=O) groups excluding carboxylic acids is 2. The normalized spacial score (nSPS) is 16.8. The molecule has 0 radical (unpaired) electrons. The van der Waals surface area contributed by atoms with Crippen LogP contribution in [-0.4, -0.2) is 11.9 Å². The van der Waals surface area contributed by atoms with Gasteiger partial charge in [0.15, 0.2) is 0 Å². The monoisotopic (exact) mass is 383 g/mol. The van der Waals surface area contributed by atoms with Gasteiger partial charge in [-0.3, -0.25) is 4.79 Å². The van der Waals surface area contributed by atoms with Crippen LogP contribution in [0, 0.1) is 0 Å². The van der Waals surface area contributed by atoms with E-state index in [-0.39, 0.29) is 11.9 Å². The van der Waals surface area contributed by atoms with E-state index in [0.29, 0.717) is 27.9 Å². The third kappa shape index (κ3) is 4.31. The summed E-state index contributed by atoms with van der Waals surface area (Å²) in [5.74, 6) is 0.131. The first-order chi connectivity index (χ1) is 12.8. The van der Waals surface area contributed by atoms with E-state index in [0.717, 1.165) is 5.56 Å². The van der Waals surface area contributed by atoms with Gasteiger partial charge in [0.2, 0.25) is 0 Å². The quantitative estimate of drug-likeness (QED) is 0.714. The van der Waals surface area contributed by atoms with Crippen molar-refractivity contribution in [3.8, 4) is 0 Å². The number of urea groups is 1. The highest BCUT2D eigenvalue weighted by Crippen LogP contribution is 2.29. The van der Waals surface area contributed by atoms with Crippen LogP contribution in [0.5, 0.6) is 0 Å². The first-order valence-electron chi connectivity index (χ1n) is 8.80. The van der Waals surface area contributed by atoms with Crippen LogP contribution in [0.2, 0.25) is 5.02 Å². The van der Waals surface area contributed by atoms with E-state index in [2.05, 4.69) is 29.8 Å². The average Bonchev–Trinajstić information content (AvgIpc) is 2.63. The van der Waals surface area contributed by atoms with E-state index < -0.39 is 6.04 Å². The fourth-order valence-electron chi connectivity index (χ4n) is 3.05. The van der Waals surface area contributed by atoms with Crippen molar-refractivity contribution in [1.82, 2.24) is 10.6 Å². The summed E-state index contributed by atoms with van der Waals surface area (Å²) < 4.78 is 0. The van der Waals surface area contributed by atoms with Crippen LogP contribution in [-0.2, 0) is 4.79 Å². The van der Waals surface area contributed by atoms with Gasteiger partial charge in [-0.15, -0.1) is 0 Å². The summed E-state index contributed by atoms with van der Waals surface area (Å²) in [6.07, 6.45) is 0. The van der Waals surface area contributed by atoms with Crippen molar-refractivity contribution in [3.05, 3.63) is 76.0 Å². The molecule has 27 heavy (non-hydrogen) atoms. The zero-order valence-corrected chi connectivity index (χ0v) is 16.2. The molecule has 5 nitrogen and oxygen atoms in total. The maximum absolute atomic E-state index is 12.9. The molecule has 1 atom stereocenters. The molecule has 3 rings (SSSR count). The zero-order chi connectivity index (χ0) is 19.6. The van der Waals surface area contributed by atoms with Gasteiger partial charge in [0, 0.05) is 16.4 Å². The number of rotatable bonds is 4. The van der Waals surface area contributed by atoms with Crippen LogP contribution in [0.25, 0.3) is 0 Å². The van der Waals surface area contributed by atoms with Gasteiger partial charge in [-0.1, -0.05) is 49.7 Å². The Hall–Kier alpha value is -2.79. The van der Waals surface area contributed by atoms with Crippen LogP contribution < -0.4 is 16.0 Å². The predicted octanol–water partition coefficient (Wildman–Crippen LogP) is 4.73. The largest absolute Gasteiger partial charge is 0.327 e. The van der Waals surface area contributed by atoms with Crippen molar-refractivity contribution in [2.75, 3.05) is 5.32 Å². The lowest BCUT2D eigenvalue weighted by atomic mass is 9.92. The number of anilines is 1. The summed E-state index contributed by atoms with van der Waals surface area (Å²) >= 11 is 5.89. The molecular formula is C21H22ClN3O2. The summed E-state index contributed by atoms with van der Waals surface area (Å²) in [6.45, 7) is 5.97. The van der Waals surface area contributed by atoms with Crippen LogP contribution in [0.1, 0.15) is 43.9 Å². The average molecular weight is 384 g/mol. The molecular weight excluding hydrogens is 362 g/mol. The first-order valence-corrected chi connectivity index (χ1v) is 9.18. The number of allylic oxidation sites excluding steroid dienone is 1. The minimum absolute atomic E-state index is 0.278. The summed E-state index contributed by atoms with van der Waals surface area (Å²) in [4.78, 5) is 24.9. The smallest absolute Gasteiger partial charge is 0.319 e. The van der Waals surface area contributed by atoms with E-state index in [4.69, 9.17) is 11.6 Å². The maximum Gasteiger partial charge on any atom is 0.319 e. The second-order valence-electron chi connectivity index (χ2n) is 6.85. The van der Waals surface area contributed by atoms with E-state index in [1.165, 1.54) is 5.56 Å². The fourth-order valence-corrected chi connectivity index (χ4v) is 3.18. The molecule has 0 fully saturated rings. The van der Waals surface area contributed by atoms with Crippen LogP contribution >= 0.6 is 11.6 Å². The lowest BCUT2D eigenvalue weighted by Crippen LogP contribution is -2.45. The summed E-state index contributed by atoms with van der Waals surface area (Å²) in [5, 5.41) is 8.99. The highest BCUT2D eigenvalue weighted by atomic mass is 35.5. The van der Waals surface area contributed by atoms with E-state index in [1.54, 1.807) is 31.2 Å². The number of hydrogen-bond acceptors (Lipinski definition) is 2. The molecule has 2 aromatic carbocycles. The molecule has 1 aliphatic rings. The van der Waals surface area contributed by atoms with Crippen molar-refractivity contribution >= 4 is 29.2 Å². The van der Waals surface area contributed by atoms with Gasteiger partial charge in [-0.2, -0.15) is 0 Å². The van der Waals surface area contributed by atoms with Gasteiger partial charge in [0.05, 0.1) is 11.6 Å². The summed E-state index contributed by atoms with van der Waals surface area (Å²) in [5.41, 5.74) is 3.70. The lowest BCUT2D eigenvalue weighted by Gasteiger charge is -2.29. The van der Waals surface area contributed by atoms with Crippen molar-refractivity contribution in [2.45, 2.75) is 32.7 Å². The molecule has 1 aliphatic heterocycles. The van der Waals surface area contributed by atoms with Gasteiger partial charge in [0.25, 0.3) is 5.91 Å². The standard InChI is InChI=1S/C21H22ClN3O2/c1-12(2)14-4-6-15(7-5-14)19-18(13(3)23-21(27)25-19)20(26)24-17-10-8-16(22)9-11-17/h4-12,19H,1-3H3,(H,24,26)(H2,23,25,27)/t19-/m1/s1. The van der Waals surface area contributed by atoms with Gasteiger partial charge < -0.3 is 16.0 Å². The van der Waals surface area contributed by atoms with E-state index in [1.807, 2.05) is 24.3 Å². The Morgan fingerprint density at radius 1 is 1.07 bits per heavy atom. The van der Waals surface area contributed by atoms with Crippen molar-refractivity contribution in [1.29, 1.82) is 0 Å². The Kier molecular flexibility index (Phi) is 5.51. The second-order valence-corrected chi connectivity index (χ2v) is 7.29. The molecule has 0 saturated carbocycles. The molecule has 0 bridgehead atoms. The highest BCUT2D eigenvalue weighted by Gasteiger charge is 2.31. The van der Waals surface area contributed by atoms with Gasteiger partial charge in [0.1, 0.15) is 0 Å². The first kappa shape index (κ1) is 19.0. The molecule has 2 aromatic rings. The number of amides is 3. The Bertz CT molecular complexity index is 887. The maximum atomic E-state index is 12.9. The Labute approximate surface area is 163 Å². The van der Waals surface area contributed by atoms with Crippen LogP contribution in [0.4, 0.5) is 10.5 Å². The SMILES string of the molecule is CC1=C(C(=O)Nc2ccc(Cl)cc2)[C@@H](c2ccc(C(C)C)cc2)NC(=O)N1. The van der Waals surface area contributed by atoms with Gasteiger partial charge in [-0.25, -0.2) is 4.79 Å². The van der Waals surface area contributed by atoms with Crippen molar-refractivity contribution in [2.24, 2.45) is 0 Å². The van der Waals surface area contributed by atoms with Gasteiger partial charge >= 0.3 is 6.03 Å². The molecule has 6 heteroatoms. The Morgan fingerprint density at radius 2 is 1.70 bits per heavy atom. The molecule has 3 amide bonds. The minimum atomic E-state index is -0.521. The van der Waals surface area contributed by atoms with Crippen LogP contribution in [0.15, 0.2) is 59.8 Å². The molecule has 1 heterocycles. The lowest BCUT2D eigenvalue weighted by molar-refractivity contribution is -0.113. The molecule has 0 aromatic heterocycles. The van der Waals surface area contributed by atoms with Crippen molar-refractivity contribution < 1.29 is 9.59 Å². The molecule has 0 aliphatic carbocycles. The zero-order valence-electron chi connectivity index (χ0n) is 15.5. The molecule has 3 N–H and O–H groups in total. The number of hydrogen-bond donors (Lipinski definition) is 3. The Morgan fingerprint density at radius 3 is 2.30 bits per heavy atom. The number of benzene rings is 2. The van der Waals surface area contributed by atoms with Crippen LogP contribution in [0.3, 0.4) is 0 Å². The van der Waals surface area contributed by atoms with E-state index in [9.17, 15) is 9.59 Å². The predicted molar refractivity (Wildman–Crippen MR) is 108 cm³/mol. The third-order valence-electron chi connectivity index (χ3n) is 4.55. The third-order valence-corrected chi connectivity index (χ3v) is 4.80. The second kappa shape index (κ2) is 7.84. The number of carbonyl (C=O) groups is 2. The summed E-state index contributed by atoms with van der Waals surface area (Å²) in [6, 6.07) is 14.0. The topological polar surface area (TPSA) is 70.2 Å². The highest BCUT2D eigenvalue weighted by molar-refractivity contribution is 6.30. The van der Waals surface area contributed by atoms with Crippen molar-refractivity contribution in [3.63, 3.8) is 0 Å². The Balaban J connectivity index is 1.91. The molecule has 0 spiro atoms. The minimum Gasteiger partial charge on any atom is -0.327 e. The number of nitrogens with one attached hydrogen (secondary N) is 3. The molecule has 0 unspecified atom stereocenters. The van der Waals surface area contributed by atoms with E-state index >= 15 is 0 Å². The molecule has 140 valence electrons. The fraction of sp³-hybridized carbons (Fsp3) is 0.238. The number of halogens is 1. The summed E-state index contributed by atoms with van der Waals surface area (Å²) in [7, 11) is 0. The molecule has 0 saturated heterocycles.